The molecule has 0 spiro atoms. The maximum atomic E-state index is 3.65. The molecule has 1 aromatic heterocycles. The van der Waals surface area contributed by atoms with E-state index in [1.54, 1.807) is 0 Å². The lowest BCUT2D eigenvalue weighted by Gasteiger charge is -2.31. The van der Waals surface area contributed by atoms with Crippen LogP contribution in [0.2, 0.25) is 0 Å². The minimum atomic E-state index is 0.500. The number of nitrogens with one attached hydrogen (secondary N) is 2. The molecule has 100 valence electrons. The topological polar surface area (TPSA) is 27.8 Å². The molecule has 2 aromatic rings. The Bertz CT molecular complexity index is 515. The van der Waals surface area contributed by atoms with Crippen LogP contribution in [0.25, 0.3) is 0 Å². The highest BCUT2D eigenvalue weighted by Gasteiger charge is 2.25. The molecule has 1 aromatic carbocycles. The Morgan fingerprint density at radius 3 is 2.79 bits per heavy atom. The molecular formula is C17H22N2. The molecule has 0 saturated carbocycles. The first-order valence-electron chi connectivity index (χ1n) is 7.33. The molecule has 0 amide bonds. The summed E-state index contributed by atoms with van der Waals surface area (Å²) in [5, 5.41) is 3.65. The van der Waals surface area contributed by atoms with Gasteiger partial charge in [0.15, 0.2) is 0 Å². The van der Waals surface area contributed by atoms with Gasteiger partial charge in [-0.05, 0) is 48.9 Å². The number of aromatic amines is 1. The Kier molecular flexibility index (Phi) is 3.69. The van der Waals surface area contributed by atoms with Gasteiger partial charge in [0.05, 0.1) is 0 Å². The summed E-state index contributed by atoms with van der Waals surface area (Å²) in [6.07, 6.45) is 5.64. The molecule has 2 unspecified atom stereocenters. The average Bonchev–Trinajstić information content (AvgIpc) is 2.97. The lowest BCUT2D eigenvalue weighted by molar-refractivity contribution is 0.369. The molecule has 0 bridgehead atoms. The second-order valence-corrected chi connectivity index (χ2v) is 5.40. The van der Waals surface area contributed by atoms with Crippen molar-refractivity contribution in [2.24, 2.45) is 0 Å². The third-order valence-electron chi connectivity index (χ3n) is 4.27. The van der Waals surface area contributed by atoms with Crippen LogP contribution in [-0.4, -0.2) is 11.5 Å². The Balaban J connectivity index is 1.79. The highest BCUT2D eigenvalue weighted by atomic mass is 14.9. The summed E-state index contributed by atoms with van der Waals surface area (Å²) in [7, 11) is 0. The fraction of sp³-hybridized carbons (Fsp3) is 0.412. The molecule has 0 aliphatic carbocycles. The van der Waals surface area contributed by atoms with Gasteiger partial charge in [0.1, 0.15) is 0 Å². The van der Waals surface area contributed by atoms with Crippen molar-refractivity contribution < 1.29 is 0 Å². The third-order valence-corrected chi connectivity index (χ3v) is 4.27. The van der Waals surface area contributed by atoms with Gasteiger partial charge in [0.25, 0.3) is 0 Å². The van der Waals surface area contributed by atoms with Gasteiger partial charge in [-0.3, -0.25) is 0 Å². The van der Waals surface area contributed by atoms with Gasteiger partial charge in [-0.1, -0.05) is 37.3 Å². The highest BCUT2D eigenvalue weighted by Crippen LogP contribution is 2.35. The molecular weight excluding hydrogens is 232 g/mol. The highest BCUT2D eigenvalue weighted by molar-refractivity contribution is 5.28. The first-order valence-corrected chi connectivity index (χ1v) is 7.33. The van der Waals surface area contributed by atoms with E-state index in [1.807, 2.05) is 0 Å². The zero-order chi connectivity index (χ0) is 13.1. The minimum absolute atomic E-state index is 0.500. The normalized spacial score (nSPS) is 23.4. The summed E-state index contributed by atoms with van der Waals surface area (Å²) < 4.78 is 0. The van der Waals surface area contributed by atoms with Crippen LogP contribution in [0.15, 0.2) is 42.6 Å². The van der Waals surface area contributed by atoms with Crippen molar-refractivity contribution in [3.05, 3.63) is 59.4 Å². The van der Waals surface area contributed by atoms with Gasteiger partial charge in [-0.25, -0.2) is 0 Å². The van der Waals surface area contributed by atoms with Crippen LogP contribution in [0.5, 0.6) is 0 Å². The molecule has 1 saturated heterocycles. The van der Waals surface area contributed by atoms with Crippen LogP contribution in [0.4, 0.5) is 0 Å². The van der Waals surface area contributed by atoms with Crippen molar-refractivity contribution in [3.63, 3.8) is 0 Å². The van der Waals surface area contributed by atoms with Crippen LogP contribution >= 0.6 is 0 Å². The zero-order valence-corrected chi connectivity index (χ0v) is 11.5. The third kappa shape index (κ3) is 2.59. The monoisotopic (exact) mass is 254 g/mol. The van der Waals surface area contributed by atoms with Crippen LogP contribution < -0.4 is 5.32 Å². The Morgan fingerprint density at radius 1 is 1.16 bits per heavy atom. The van der Waals surface area contributed by atoms with Crippen LogP contribution in [-0.2, 0) is 6.42 Å². The summed E-state index contributed by atoms with van der Waals surface area (Å²) in [6, 6.07) is 13.6. The average molecular weight is 254 g/mol. The van der Waals surface area contributed by atoms with Gasteiger partial charge in [0, 0.05) is 17.9 Å². The van der Waals surface area contributed by atoms with E-state index in [0.717, 1.165) is 13.0 Å². The van der Waals surface area contributed by atoms with Gasteiger partial charge >= 0.3 is 0 Å². The summed E-state index contributed by atoms with van der Waals surface area (Å²) in [5.74, 6) is 0.688. The zero-order valence-electron chi connectivity index (χ0n) is 11.5. The van der Waals surface area contributed by atoms with Crippen molar-refractivity contribution in [1.82, 2.24) is 10.3 Å². The van der Waals surface area contributed by atoms with Gasteiger partial charge < -0.3 is 10.3 Å². The molecule has 2 heteroatoms. The number of aryl methyl sites for hydroxylation is 1. The SMILES string of the molecule is CCc1[nH]ccc1C1CCNC(c2ccccc2)C1. The Labute approximate surface area is 115 Å². The van der Waals surface area contributed by atoms with E-state index in [0.29, 0.717) is 12.0 Å². The first kappa shape index (κ1) is 12.5. The van der Waals surface area contributed by atoms with E-state index in [4.69, 9.17) is 0 Å². The fourth-order valence-electron chi connectivity index (χ4n) is 3.24. The minimum Gasteiger partial charge on any atom is -0.365 e. The Hall–Kier alpha value is -1.54. The van der Waals surface area contributed by atoms with Crippen molar-refractivity contribution in [3.8, 4) is 0 Å². The van der Waals surface area contributed by atoms with Crippen LogP contribution in [0.1, 0.15) is 48.5 Å². The smallest absolute Gasteiger partial charge is 0.0326 e. The molecule has 2 N–H and O–H groups in total. The summed E-state index contributed by atoms with van der Waals surface area (Å²) in [4.78, 5) is 3.39. The maximum Gasteiger partial charge on any atom is 0.0326 e. The fourth-order valence-corrected chi connectivity index (χ4v) is 3.24. The van der Waals surface area contributed by atoms with Crippen LogP contribution in [0, 0.1) is 0 Å². The second-order valence-electron chi connectivity index (χ2n) is 5.40. The largest absolute Gasteiger partial charge is 0.365 e. The number of H-pyrrole nitrogens is 1. The number of hydrogen-bond donors (Lipinski definition) is 2. The molecule has 2 nitrogen and oxygen atoms in total. The summed E-state index contributed by atoms with van der Waals surface area (Å²) in [5.41, 5.74) is 4.37. The molecule has 0 radical (unpaired) electrons. The predicted molar refractivity (Wildman–Crippen MR) is 79.3 cm³/mol. The van der Waals surface area contributed by atoms with Gasteiger partial charge in [-0.2, -0.15) is 0 Å². The van der Waals surface area contributed by atoms with Gasteiger partial charge in [-0.15, -0.1) is 0 Å². The molecule has 1 aliphatic heterocycles. The molecule has 1 aliphatic rings. The standard InChI is InChI=1S/C17H22N2/c1-2-16-15(9-11-18-16)14-8-10-19-17(12-14)13-6-4-3-5-7-13/h3-7,9,11,14,17-19H,2,8,10,12H2,1H3. The number of aromatic nitrogens is 1. The number of hydrogen-bond acceptors (Lipinski definition) is 1. The van der Waals surface area contributed by atoms with E-state index in [9.17, 15) is 0 Å². The van der Waals surface area contributed by atoms with Crippen molar-refractivity contribution >= 4 is 0 Å². The predicted octanol–water partition coefficient (Wildman–Crippen LogP) is 3.79. The van der Waals surface area contributed by atoms with E-state index >= 15 is 0 Å². The quantitative estimate of drug-likeness (QED) is 0.857. The van der Waals surface area contributed by atoms with Gasteiger partial charge in [0.2, 0.25) is 0 Å². The van der Waals surface area contributed by atoms with Crippen molar-refractivity contribution in [1.29, 1.82) is 0 Å². The molecule has 3 rings (SSSR count). The van der Waals surface area contributed by atoms with E-state index < -0.39 is 0 Å². The van der Waals surface area contributed by atoms with E-state index in [1.165, 1.54) is 29.7 Å². The molecule has 2 heterocycles. The second kappa shape index (κ2) is 5.62. The maximum absolute atomic E-state index is 3.65. The van der Waals surface area contributed by atoms with E-state index in [-0.39, 0.29) is 0 Å². The molecule has 2 atom stereocenters. The molecule has 19 heavy (non-hydrogen) atoms. The van der Waals surface area contributed by atoms with Crippen molar-refractivity contribution in [2.45, 2.75) is 38.1 Å². The van der Waals surface area contributed by atoms with E-state index in [2.05, 4.69) is 59.8 Å². The number of piperidine rings is 1. The lowest BCUT2D eigenvalue weighted by atomic mass is 9.84. The van der Waals surface area contributed by atoms with Crippen molar-refractivity contribution in [2.75, 3.05) is 6.54 Å². The first-order chi connectivity index (χ1) is 9.38. The number of benzene rings is 1. The lowest BCUT2D eigenvalue weighted by Crippen LogP contribution is -2.31. The molecule has 1 fully saturated rings. The summed E-state index contributed by atoms with van der Waals surface area (Å²) >= 11 is 0. The number of rotatable bonds is 3. The summed E-state index contributed by atoms with van der Waals surface area (Å²) in [6.45, 7) is 3.34. The Morgan fingerprint density at radius 2 is 2.00 bits per heavy atom. The van der Waals surface area contributed by atoms with Crippen LogP contribution in [0.3, 0.4) is 0 Å².